The van der Waals surface area contributed by atoms with Crippen molar-refractivity contribution >= 4 is 5.69 Å². The predicted molar refractivity (Wildman–Crippen MR) is 84.0 cm³/mol. The highest BCUT2D eigenvalue weighted by Crippen LogP contribution is 2.28. The summed E-state index contributed by atoms with van der Waals surface area (Å²) in [6.07, 6.45) is 3.76. The van der Waals surface area contributed by atoms with Gasteiger partial charge in [-0.25, -0.2) is 0 Å². The zero-order valence-electron chi connectivity index (χ0n) is 12.7. The zero-order chi connectivity index (χ0) is 13.7. The summed E-state index contributed by atoms with van der Waals surface area (Å²) < 4.78 is 0. The number of benzene rings is 1. The molecule has 1 unspecified atom stereocenters. The second-order valence-corrected chi connectivity index (χ2v) is 5.99. The van der Waals surface area contributed by atoms with Gasteiger partial charge in [0.25, 0.3) is 0 Å². The molecule has 0 saturated carbocycles. The zero-order valence-corrected chi connectivity index (χ0v) is 12.7. The van der Waals surface area contributed by atoms with Crippen LogP contribution in [0, 0.1) is 12.8 Å². The minimum Gasteiger partial charge on any atom is -0.371 e. The predicted octanol–water partition coefficient (Wildman–Crippen LogP) is 3.38. The fraction of sp³-hybridized carbons (Fsp3) is 0.647. The number of anilines is 1. The summed E-state index contributed by atoms with van der Waals surface area (Å²) in [5.41, 5.74) is 4.40. The first-order valence-corrected chi connectivity index (χ1v) is 7.76. The van der Waals surface area contributed by atoms with E-state index in [0.29, 0.717) is 5.92 Å². The molecule has 1 aromatic carbocycles. The molecule has 0 saturated heterocycles. The minimum atomic E-state index is 0.707. The lowest BCUT2D eigenvalue weighted by molar-refractivity contribution is 0.495. The molecule has 19 heavy (non-hydrogen) atoms. The summed E-state index contributed by atoms with van der Waals surface area (Å²) in [5.74, 6) is 0.707. The Labute approximate surface area is 118 Å². The molecule has 106 valence electrons. The van der Waals surface area contributed by atoms with Gasteiger partial charge in [-0.3, -0.25) is 0 Å². The molecule has 2 rings (SSSR count). The summed E-state index contributed by atoms with van der Waals surface area (Å²) >= 11 is 0. The molecule has 1 heterocycles. The molecule has 1 aliphatic rings. The van der Waals surface area contributed by atoms with E-state index in [-0.39, 0.29) is 0 Å². The lowest BCUT2D eigenvalue weighted by Gasteiger charge is -2.33. The van der Waals surface area contributed by atoms with Crippen LogP contribution in [0.4, 0.5) is 5.69 Å². The van der Waals surface area contributed by atoms with Gasteiger partial charge in [0.15, 0.2) is 0 Å². The first-order valence-electron chi connectivity index (χ1n) is 7.76. The molecule has 1 N–H and O–H groups in total. The van der Waals surface area contributed by atoms with Gasteiger partial charge in [-0.2, -0.15) is 0 Å². The first kappa shape index (κ1) is 14.4. The van der Waals surface area contributed by atoms with Crippen molar-refractivity contribution in [2.75, 3.05) is 31.1 Å². The number of nitrogens with one attached hydrogen (secondary N) is 1. The van der Waals surface area contributed by atoms with Crippen LogP contribution in [-0.2, 0) is 6.42 Å². The van der Waals surface area contributed by atoms with Gasteiger partial charge >= 0.3 is 0 Å². The first-order chi connectivity index (χ1) is 9.20. The van der Waals surface area contributed by atoms with Crippen molar-refractivity contribution in [2.45, 2.75) is 40.0 Å². The Morgan fingerprint density at radius 1 is 1.37 bits per heavy atom. The third-order valence-corrected chi connectivity index (χ3v) is 3.90. The maximum Gasteiger partial charge on any atom is 0.0399 e. The molecule has 2 heteroatoms. The van der Waals surface area contributed by atoms with Gasteiger partial charge in [-0.15, -0.1) is 0 Å². The molecule has 1 aromatic rings. The maximum atomic E-state index is 3.53. The lowest BCUT2D eigenvalue weighted by atomic mass is 9.98. The van der Waals surface area contributed by atoms with E-state index in [0.717, 1.165) is 13.1 Å². The lowest BCUT2D eigenvalue weighted by Crippen LogP contribution is -2.36. The summed E-state index contributed by atoms with van der Waals surface area (Å²) in [6, 6.07) is 6.93. The van der Waals surface area contributed by atoms with E-state index >= 15 is 0 Å². The molecular formula is C17H28N2. The van der Waals surface area contributed by atoms with E-state index in [1.807, 2.05) is 0 Å². The van der Waals surface area contributed by atoms with Gasteiger partial charge in [0.2, 0.25) is 0 Å². The van der Waals surface area contributed by atoms with Crippen LogP contribution in [-0.4, -0.2) is 26.2 Å². The van der Waals surface area contributed by atoms with E-state index in [9.17, 15) is 0 Å². The van der Waals surface area contributed by atoms with Crippen molar-refractivity contribution < 1.29 is 0 Å². The summed E-state index contributed by atoms with van der Waals surface area (Å²) in [6.45, 7) is 11.4. The average Bonchev–Trinajstić information content (AvgIpc) is 2.39. The van der Waals surface area contributed by atoms with Gasteiger partial charge in [0.05, 0.1) is 0 Å². The quantitative estimate of drug-likeness (QED) is 0.789. The standard InChI is InChI=1S/C17H28N2/c1-4-9-18-12-15(3)13-19-10-5-6-16-11-14(2)7-8-17(16)19/h7-8,11,15,18H,4-6,9-10,12-13H2,1-3H3. The van der Waals surface area contributed by atoms with Crippen molar-refractivity contribution in [1.82, 2.24) is 5.32 Å². The molecule has 0 fully saturated rings. The highest BCUT2D eigenvalue weighted by atomic mass is 15.1. The van der Waals surface area contributed by atoms with Crippen molar-refractivity contribution in [1.29, 1.82) is 0 Å². The highest BCUT2D eigenvalue weighted by molar-refractivity contribution is 5.56. The van der Waals surface area contributed by atoms with E-state index in [4.69, 9.17) is 0 Å². The molecule has 0 amide bonds. The van der Waals surface area contributed by atoms with Crippen molar-refractivity contribution in [3.05, 3.63) is 29.3 Å². The van der Waals surface area contributed by atoms with Gasteiger partial charge in [0, 0.05) is 18.8 Å². The average molecular weight is 260 g/mol. The van der Waals surface area contributed by atoms with Crippen LogP contribution >= 0.6 is 0 Å². The Morgan fingerprint density at radius 3 is 3.00 bits per heavy atom. The number of fused-ring (bicyclic) bond motifs is 1. The molecule has 1 atom stereocenters. The second kappa shape index (κ2) is 6.95. The fourth-order valence-electron chi connectivity index (χ4n) is 2.96. The molecule has 0 bridgehead atoms. The van der Waals surface area contributed by atoms with E-state index in [1.165, 1.54) is 43.6 Å². The molecule has 0 spiro atoms. The summed E-state index contributed by atoms with van der Waals surface area (Å²) in [7, 11) is 0. The number of hydrogen-bond acceptors (Lipinski definition) is 2. The molecule has 2 nitrogen and oxygen atoms in total. The molecule has 0 aliphatic carbocycles. The van der Waals surface area contributed by atoms with Gasteiger partial charge in [-0.05, 0) is 56.8 Å². The van der Waals surface area contributed by atoms with Crippen LogP contribution in [0.15, 0.2) is 18.2 Å². The third kappa shape index (κ3) is 3.97. The number of rotatable bonds is 6. The van der Waals surface area contributed by atoms with Crippen LogP contribution < -0.4 is 10.2 Å². The third-order valence-electron chi connectivity index (χ3n) is 3.90. The van der Waals surface area contributed by atoms with E-state index in [1.54, 1.807) is 5.56 Å². The van der Waals surface area contributed by atoms with Crippen LogP contribution in [0.5, 0.6) is 0 Å². The number of aryl methyl sites for hydroxylation is 2. The molecular weight excluding hydrogens is 232 g/mol. The number of nitrogens with zero attached hydrogens (tertiary/aromatic N) is 1. The SMILES string of the molecule is CCCNCC(C)CN1CCCc2cc(C)ccc21. The summed E-state index contributed by atoms with van der Waals surface area (Å²) in [5, 5.41) is 3.53. The second-order valence-electron chi connectivity index (χ2n) is 5.99. The van der Waals surface area contributed by atoms with Gasteiger partial charge in [0.1, 0.15) is 0 Å². The Morgan fingerprint density at radius 2 is 2.21 bits per heavy atom. The normalized spacial score (nSPS) is 16.3. The van der Waals surface area contributed by atoms with Crippen LogP contribution in [0.3, 0.4) is 0 Å². The fourth-order valence-corrected chi connectivity index (χ4v) is 2.96. The molecule has 0 aromatic heterocycles. The minimum absolute atomic E-state index is 0.707. The smallest absolute Gasteiger partial charge is 0.0399 e. The van der Waals surface area contributed by atoms with Gasteiger partial charge < -0.3 is 10.2 Å². The van der Waals surface area contributed by atoms with Crippen LogP contribution in [0.2, 0.25) is 0 Å². The Kier molecular flexibility index (Phi) is 5.26. The van der Waals surface area contributed by atoms with Crippen molar-refractivity contribution in [2.24, 2.45) is 5.92 Å². The largest absolute Gasteiger partial charge is 0.371 e. The van der Waals surface area contributed by atoms with Crippen molar-refractivity contribution in [3.63, 3.8) is 0 Å². The van der Waals surface area contributed by atoms with Crippen LogP contribution in [0.25, 0.3) is 0 Å². The molecule has 1 aliphatic heterocycles. The van der Waals surface area contributed by atoms with Crippen LogP contribution in [0.1, 0.15) is 37.8 Å². The topological polar surface area (TPSA) is 15.3 Å². The van der Waals surface area contributed by atoms with Gasteiger partial charge in [-0.1, -0.05) is 31.5 Å². The highest BCUT2D eigenvalue weighted by Gasteiger charge is 2.18. The maximum absolute atomic E-state index is 3.53. The summed E-state index contributed by atoms with van der Waals surface area (Å²) in [4.78, 5) is 2.58. The Hall–Kier alpha value is -1.02. The van der Waals surface area contributed by atoms with E-state index in [2.05, 4.69) is 49.2 Å². The van der Waals surface area contributed by atoms with E-state index < -0.39 is 0 Å². The van der Waals surface area contributed by atoms with Crippen molar-refractivity contribution in [3.8, 4) is 0 Å². The number of hydrogen-bond donors (Lipinski definition) is 1. The monoisotopic (exact) mass is 260 g/mol. The Bertz CT molecular complexity index is 400. The Balaban J connectivity index is 1.95. The molecule has 0 radical (unpaired) electrons.